The third-order valence-electron chi connectivity index (χ3n) is 6.89. The molecule has 226 valence electrons. The Morgan fingerprint density at radius 3 is 2.11 bits per heavy atom. The van der Waals surface area contributed by atoms with Crippen LogP contribution in [0.25, 0.3) is 11.0 Å². The van der Waals surface area contributed by atoms with E-state index in [1.165, 1.54) is 26.4 Å². The molecule has 44 heavy (non-hydrogen) atoms. The normalized spacial score (nSPS) is 11.1. The fourth-order valence-electron chi connectivity index (χ4n) is 4.43. The number of methoxy groups -OCH3 is 2. The highest BCUT2D eigenvalue weighted by Gasteiger charge is 2.20. The van der Waals surface area contributed by atoms with E-state index in [0.29, 0.717) is 33.9 Å². The first kappa shape index (κ1) is 30.1. The molecule has 1 heterocycles. The van der Waals surface area contributed by atoms with Crippen LogP contribution in [0.1, 0.15) is 11.1 Å². The standard InChI is InChI=1S/C32H32N6O5S/c1-20-9-7-14-27(21(20)2)33-19-30(39)34-22-10-8-11-26(17-22)44(40,41)38-32-31(36-28-12-5-6-13-29(28)37-32)35-23-15-24(42-3)18-25(16-23)43-4/h5-18,33H,19H2,1-4H3,(H,34,39)(H,35,36)(H,37,38). The van der Waals surface area contributed by atoms with Gasteiger partial charge in [-0.05, 0) is 61.4 Å². The van der Waals surface area contributed by atoms with Gasteiger partial charge in [0.05, 0.1) is 36.7 Å². The van der Waals surface area contributed by atoms with Gasteiger partial charge >= 0.3 is 0 Å². The molecule has 0 atom stereocenters. The first-order chi connectivity index (χ1) is 21.1. The molecular formula is C32H32N6O5S. The summed E-state index contributed by atoms with van der Waals surface area (Å²) in [6, 6.07) is 24.1. The van der Waals surface area contributed by atoms with Crippen molar-refractivity contribution in [2.24, 2.45) is 0 Å². The number of hydrogen-bond acceptors (Lipinski definition) is 9. The van der Waals surface area contributed by atoms with Crippen molar-refractivity contribution in [1.29, 1.82) is 0 Å². The largest absolute Gasteiger partial charge is 0.497 e. The maximum absolute atomic E-state index is 13.6. The topological polar surface area (TPSA) is 144 Å². The van der Waals surface area contributed by atoms with Gasteiger partial charge in [0.1, 0.15) is 11.5 Å². The van der Waals surface area contributed by atoms with Gasteiger partial charge in [-0.1, -0.05) is 30.3 Å². The molecule has 0 bridgehead atoms. The van der Waals surface area contributed by atoms with Gasteiger partial charge in [-0.15, -0.1) is 0 Å². The molecule has 0 unspecified atom stereocenters. The van der Waals surface area contributed by atoms with Crippen LogP contribution in [-0.4, -0.2) is 45.1 Å². The highest BCUT2D eigenvalue weighted by Crippen LogP contribution is 2.31. The SMILES string of the molecule is COc1cc(Nc2nc3ccccc3nc2NS(=O)(=O)c2cccc(NC(=O)CNc3cccc(C)c3C)c2)cc(OC)c1. The number of fused-ring (bicyclic) bond motifs is 1. The smallest absolute Gasteiger partial charge is 0.263 e. The Morgan fingerprint density at radius 1 is 0.773 bits per heavy atom. The minimum atomic E-state index is -4.16. The summed E-state index contributed by atoms with van der Waals surface area (Å²) in [7, 11) is -1.09. The van der Waals surface area contributed by atoms with Crippen LogP contribution in [0.3, 0.4) is 0 Å². The summed E-state index contributed by atoms with van der Waals surface area (Å²) in [5.74, 6) is 0.896. The number of nitrogens with zero attached hydrogens (tertiary/aromatic N) is 2. The Kier molecular flexibility index (Phi) is 8.81. The number of anilines is 5. The lowest BCUT2D eigenvalue weighted by molar-refractivity contribution is -0.114. The Morgan fingerprint density at radius 2 is 1.43 bits per heavy atom. The van der Waals surface area contributed by atoms with Crippen molar-refractivity contribution in [2.75, 3.05) is 41.4 Å². The van der Waals surface area contributed by atoms with E-state index in [-0.39, 0.29) is 29.0 Å². The molecule has 1 aromatic heterocycles. The molecule has 0 aliphatic rings. The molecule has 0 aliphatic heterocycles. The molecule has 1 amide bonds. The zero-order chi connectivity index (χ0) is 31.3. The lowest BCUT2D eigenvalue weighted by Gasteiger charge is -2.15. The molecule has 0 aliphatic carbocycles. The second-order valence-electron chi connectivity index (χ2n) is 9.92. The molecule has 0 saturated heterocycles. The zero-order valence-corrected chi connectivity index (χ0v) is 25.5. The number of hydrogen-bond donors (Lipinski definition) is 4. The maximum atomic E-state index is 13.6. The van der Waals surface area contributed by atoms with Crippen LogP contribution < -0.4 is 30.1 Å². The molecular weight excluding hydrogens is 580 g/mol. The number of carbonyl (C=O) groups is 1. The van der Waals surface area contributed by atoms with Gasteiger partial charge in [-0.25, -0.2) is 18.4 Å². The van der Waals surface area contributed by atoms with E-state index in [1.54, 1.807) is 48.5 Å². The lowest BCUT2D eigenvalue weighted by atomic mass is 10.1. The fourth-order valence-corrected chi connectivity index (χ4v) is 5.48. The van der Waals surface area contributed by atoms with E-state index >= 15 is 0 Å². The minimum absolute atomic E-state index is 0.0102. The van der Waals surface area contributed by atoms with E-state index in [9.17, 15) is 13.2 Å². The Labute approximate surface area is 255 Å². The summed E-state index contributed by atoms with van der Waals surface area (Å²) in [5.41, 5.74) is 4.95. The number of aromatic nitrogens is 2. The molecule has 5 aromatic rings. The summed E-state index contributed by atoms with van der Waals surface area (Å²) in [6.07, 6.45) is 0. The second-order valence-corrected chi connectivity index (χ2v) is 11.6. The molecule has 4 aromatic carbocycles. The molecule has 0 saturated carbocycles. The second kappa shape index (κ2) is 12.9. The number of para-hydroxylation sites is 2. The van der Waals surface area contributed by atoms with Crippen LogP contribution in [0.2, 0.25) is 0 Å². The van der Waals surface area contributed by atoms with Gasteiger partial charge in [0.25, 0.3) is 10.0 Å². The number of rotatable bonds is 11. The number of aryl methyl sites for hydroxylation is 1. The van der Waals surface area contributed by atoms with Crippen LogP contribution in [0.5, 0.6) is 11.5 Å². The molecule has 5 rings (SSSR count). The predicted molar refractivity (Wildman–Crippen MR) is 173 cm³/mol. The number of ether oxygens (including phenoxy) is 2. The number of sulfonamides is 1. The van der Waals surface area contributed by atoms with Gasteiger partial charge in [0.15, 0.2) is 11.6 Å². The van der Waals surface area contributed by atoms with Gasteiger partial charge in [-0.2, -0.15) is 0 Å². The number of carbonyl (C=O) groups excluding carboxylic acids is 1. The van der Waals surface area contributed by atoms with Gasteiger partial charge in [0.2, 0.25) is 5.91 Å². The predicted octanol–water partition coefficient (Wildman–Crippen LogP) is 5.86. The average molecular weight is 613 g/mol. The Balaban J connectivity index is 1.38. The van der Waals surface area contributed by atoms with E-state index in [1.807, 2.05) is 38.1 Å². The summed E-state index contributed by atoms with van der Waals surface area (Å²) in [4.78, 5) is 21.8. The molecule has 11 nitrogen and oxygen atoms in total. The van der Waals surface area contributed by atoms with Crippen LogP contribution >= 0.6 is 0 Å². The zero-order valence-electron chi connectivity index (χ0n) is 24.6. The molecule has 0 fully saturated rings. The average Bonchev–Trinajstić information content (AvgIpc) is 3.01. The van der Waals surface area contributed by atoms with Crippen molar-refractivity contribution in [2.45, 2.75) is 18.7 Å². The maximum Gasteiger partial charge on any atom is 0.263 e. The highest BCUT2D eigenvalue weighted by atomic mass is 32.2. The summed E-state index contributed by atoms with van der Waals surface area (Å²) in [5, 5.41) is 9.02. The molecule has 0 spiro atoms. The molecule has 4 N–H and O–H groups in total. The van der Waals surface area contributed by atoms with Gasteiger partial charge in [-0.3, -0.25) is 9.52 Å². The number of nitrogens with one attached hydrogen (secondary N) is 4. The van der Waals surface area contributed by atoms with Crippen molar-refractivity contribution in [3.63, 3.8) is 0 Å². The van der Waals surface area contributed by atoms with Crippen molar-refractivity contribution in [1.82, 2.24) is 9.97 Å². The van der Waals surface area contributed by atoms with Gasteiger partial charge < -0.3 is 25.4 Å². The third-order valence-corrected chi connectivity index (χ3v) is 8.22. The van der Waals surface area contributed by atoms with E-state index in [0.717, 1.165) is 16.8 Å². The quantitative estimate of drug-likeness (QED) is 0.144. The molecule has 12 heteroatoms. The summed E-state index contributed by atoms with van der Waals surface area (Å²) < 4.78 is 40.5. The third kappa shape index (κ3) is 6.98. The highest BCUT2D eigenvalue weighted by molar-refractivity contribution is 7.92. The number of amides is 1. The van der Waals surface area contributed by atoms with Gasteiger partial charge in [0, 0.05) is 35.3 Å². The van der Waals surface area contributed by atoms with Crippen molar-refractivity contribution in [3.8, 4) is 11.5 Å². The Bertz CT molecular complexity index is 1930. The minimum Gasteiger partial charge on any atom is -0.497 e. The van der Waals surface area contributed by atoms with Crippen molar-refractivity contribution < 1.29 is 22.7 Å². The van der Waals surface area contributed by atoms with Crippen LogP contribution in [-0.2, 0) is 14.8 Å². The van der Waals surface area contributed by atoms with Crippen molar-refractivity contribution >= 4 is 55.7 Å². The summed E-state index contributed by atoms with van der Waals surface area (Å²) in [6.45, 7) is 3.99. The summed E-state index contributed by atoms with van der Waals surface area (Å²) >= 11 is 0. The van der Waals surface area contributed by atoms with E-state index in [4.69, 9.17) is 9.47 Å². The van der Waals surface area contributed by atoms with E-state index < -0.39 is 10.0 Å². The van der Waals surface area contributed by atoms with Crippen LogP contribution in [0.4, 0.5) is 28.7 Å². The fraction of sp³-hybridized carbons (Fsp3) is 0.156. The number of benzene rings is 4. The first-order valence-electron chi connectivity index (χ1n) is 13.6. The molecule has 0 radical (unpaired) electrons. The monoisotopic (exact) mass is 612 g/mol. The first-order valence-corrected chi connectivity index (χ1v) is 15.1. The van der Waals surface area contributed by atoms with E-state index in [2.05, 4.69) is 30.6 Å². The Hall–Kier alpha value is -5.36. The van der Waals surface area contributed by atoms with Crippen LogP contribution in [0, 0.1) is 13.8 Å². The van der Waals surface area contributed by atoms with Crippen LogP contribution in [0.15, 0.2) is 89.8 Å². The lowest BCUT2D eigenvalue weighted by Crippen LogP contribution is -2.22. The van der Waals surface area contributed by atoms with Crippen molar-refractivity contribution in [3.05, 3.63) is 96.1 Å².